The lowest BCUT2D eigenvalue weighted by Crippen LogP contribution is -2.48. The highest BCUT2D eigenvalue weighted by Crippen LogP contribution is 2.37. The smallest absolute Gasteiger partial charge is 0.339 e. The average molecular weight is 609 g/mol. The van der Waals surface area contributed by atoms with E-state index in [1.807, 2.05) is 0 Å². The number of nitrogens with one attached hydrogen (secondary N) is 1. The molecule has 8 nitrogen and oxygen atoms in total. The maximum atomic E-state index is 13.9. The number of carbonyl (C=O) groups is 2. The summed E-state index contributed by atoms with van der Waals surface area (Å²) in [5, 5.41) is 2.93. The molecule has 0 fully saturated rings. The fourth-order valence-electron chi connectivity index (χ4n) is 4.75. The lowest BCUT2D eigenvalue weighted by Gasteiger charge is -2.26. The monoisotopic (exact) mass is 608 g/mol. The summed E-state index contributed by atoms with van der Waals surface area (Å²) in [6, 6.07) is 22.7. The minimum atomic E-state index is -4.11. The van der Waals surface area contributed by atoms with Crippen molar-refractivity contribution in [3.8, 4) is 16.9 Å². The molecule has 0 saturated carbocycles. The van der Waals surface area contributed by atoms with Crippen LogP contribution in [0.3, 0.4) is 0 Å². The van der Waals surface area contributed by atoms with Crippen molar-refractivity contribution in [3.63, 3.8) is 0 Å². The van der Waals surface area contributed by atoms with E-state index < -0.39 is 27.9 Å². The molecule has 1 aliphatic rings. The molecule has 4 aromatic carbocycles. The molecule has 0 spiro atoms. The fourth-order valence-corrected chi connectivity index (χ4v) is 6.65. The van der Waals surface area contributed by atoms with Gasteiger partial charge in [-0.05, 0) is 65.2 Å². The fraction of sp³-hybridized carbons (Fsp3) is 0.161. The molecular weight excluding hydrogens is 583 g/mol. The zero-order valence-electron chi connectivity index (χ0n) is 22.4. The summed E-state index contributed by atoms with van der Waals surface area (Å²) < 4.78 is 52.5. The maximum Gasteiger partial charge on any atom is 0.339 e. The van der Waals surface area contributed by atoms with Crippen LogP contribution < -0.4 is 14.4 Å². The van der Waals surface area contributed by atoms with Gasteiger partial charge in [0.2, 0.25) is 5.91 Å². The molecule has 1 aliphatic heterocycles. The predicted molar refractivity (Wildman–Crippen MR) is 157 cm³/mol. The van der Waals surface area contributed by atoms with Crippen molar-refractivity contribution in [2.45, 2.75) is 17.4 Å². The first-order valence-electron chi connectivity index (χ1n) is 13.0. The van der Waals surface area contributed by atoms with Gasteiger partial charge in [-0.25, -0.2) is 17.6 Å². The van der Waals surface area contributed by atoms with E-state index in [2.05, 4.69) is 10.1 Å². The molecule has 5 rings (SSSR count). The highest BCUT2D eigenvalue weighted by Gasteiger charge is 2.42. The zero-order valence-corrected chi connectivity index (χ0v) is 24.0. The van der Waals surface area contributed by atoms with Crippen LogP contribution in [0.1, 0.15) is 15.9 Å². The van der Waals surface area contributed by atoms with Gasteiger partial charge in [-0.1, -0.05) is 54.1 Å². The zero-order chi connectivity index (χ0) is 29.9. The Morgan fingerprint density at radius 3 is 2.31 bits per heavy atom. The maximum absolute atomic E-state index is 13.9. The molecular formula is C31H26ClFN2O6S. The molecule has 1 heterocycles. The number of hydrogen-bond acceptors (Lipinski definition) is 6. The number of carbonyl (C=O) groups excluding carboxylic acids is 2. The SMILES string of the molecule is COC(=O)c1ccc(OCCNC(=O)[C@@H]2Cc3ccccc3N2S(=O)(=O)c2ccc(-c3ccc(F)cc3)cc2)cc1Cl. The molecule has 0 bridgehead atoms. The van der Waals surface area contributed by atoms with Crippen LogP contribution in [-0.4, -0.2) is 46.6 Å². The molecule has 1 atom stereocenters. The van der Waals surface area contributed by atoms with Crippen molar-refractivity contribution in [3.05, 3.63) is 113 Å². The van der Waals surface area contributed by atoms with Gasteiger partial charge < -0.3 is 14.8 Å². The number of hydrogen-bond donors (Lipinski definition) is 1. The number of benzene rings is 4. The summed E-state index contributed by atoms with van der Waals surface area (Å²) >= 11 is 6.12. The summed E-state index contributed by atoms with van der Waals surface area (Å²) in [6.07, 6.45) is 0.209. The van der Waals surface area contributed by atoms with Crippen LogP contribution in [0.5, 0.6) is 5.75 Å². The second-order valence-corrected chi connectivity index (χ2v) is 11.7. The van der Waals surface area contributed by atoms with Crippen LogP contribution in [0.4, 0.5) is 10.1 Å². The van der Waals surface area contributed by atoms with Crippen LogP contribution in [-0.2, 0) is 26.0 Å². The summed E-state index contributed by atoms with van der Waals surface area (Å²) in [5.41, 5.74) is 2.85. The lowest BCUT2D eigenvalue weighted by molar-refractivity contribution is -0.122. The van der Waals surface area contributed by atoms with E-state index in [0.717, 1.165) is 21.0 Å². The first kappa shape index (κ1) is 29.1. The number of fused-ring (bicyclic) bond motifs is 1. The number of ether oxygens (including phenoxy) is 2. The van der Waals surface area contributed by atoms with Gasteiger partial charge in [-0.2, -0.15) is 0 Å². The highest BCUT2D eigenvalue weighted by molar-refractivity contribution is 7.93. The Balaban J connectivity index is 1.29. The van der Waals surface area contributed by atoms with E-state index in [1.165, 1.54) is 43.5 Å². The van der Waals surface area contributed by atoms with Gasteiger partial charge in [0.1, 0.15) is 24.2 Å². The topological polar surface area (TPSA) is 102 Å². The van der Waals surface area contributed by atoms with Crippen molar-refractivity contribution in [1.82, 2.24) is 5.32 Å². The third kappa shape index (κ3) is 5.95. The minimum Gasteiger partial charge on any atom is -0.492 e. The number of amides is 1. The molecule has 216 valence electrons. The number of nitrogens with zero attached hydrogens (tertiary/aromatic N) is 1. The number of methoxy groups -OCH3 is 1. The van der Waals surface area contributed by atoms with E-state index in [4.69, 9.17) is 16.3 Å². The van der Waals surface area contributed by atoms with Crippen molar-refractivity contribution >= 4 is 39.2 Å². The third-order valence-electron chi connectivity index (χ3n) is 6.83. The molecule has 0 aromatic heterocycles. The van der Waals surface area contributed by atoms with E-state index in [1.54, 1.807) is 54.6 Å². The van der Waals surface area contributed by atoms with Gasteiger partial charge in [-0.3, -0.25) is 9.10 Å². The average Bonchev–Trinajstić information content (AvgIpc) is 3.40. The lowest BCUT2D eigenvalue weighted by atomic mass is 10.1. The van der Waals surface area contributed by atoms with Crippen molar-refractivity contribution < 1.29 is 31.9 Å². The Bertz CT molecular complexity index is 1730. The van der Waals surface area contributed by atoms with E-state index in [0.29, 0.717) is 11.4 Å². The molecule has 42 heavy (non-hydrogen) atoms. The van der Waals surface area contributed by atoms with Crippen molar-refractivity contribution in [1.29, 1.82) is 0 Å². The Labute approximate surface area is 247 Å². The van der Waals surface area contributed by atoms with Gasteiger partial charge in [0.15, 0.2) is 0 Å². The summed E-state index contributed by atoms with van der Waals surface area (Å²) in [7, 11) is -2.86. The largest absolute Gasteiger partial charge is 0.492 e. The molecule has 0 radical (unpaired) electrons. The van der Waals surface area contributed by atoms with E-state index in [-0.39, 0.29) is 40.9 Å². The highest BCUT2D eigenvalue weighted by atomic mass is 35.5. The van der Waals surface area contributed by atoms with Crippen LogP contribution in [0.2, 0.25) is 5.02 Å². The molecule has 4 aromatic rings. The second kappa shape index (κ2) is 12.2. The van der Waals surface area contributed by atoms with E-state index in [9.17, 15) is 22.4 Å². The van der Waals surface area contributed by atoms with Gasteiger partial charge in [0, 0.05) is 6.42 Å². The normalized spacial score (nSPS) is 14.3. The quantitative estimate of drug-likeness (QED) is 0.206. The first-order valence-corrected chi connectivity index (χ1v) is 14.8. The van der Waals surface area contributed by atoms with Gasteiger partial charge in [-0.15, -0.1) is 0 Å². The van der Waals surface area contributed by atoms with Gasteiger partial charge in [0.25, 0.3) is 10.0 Å². The Morgan fingerprint density at radius 1 is 0.976 bits per heavy atom. The number of esters is 1. The molecule has 0 unspecified atom stereocenters. The molecule has 1 N–H and O–H groups in total. The summed E-state index contributed by atoms with van der Waals surface area (Å²) in [5.74, 6) is -1.01. The number of sulfonamides is 1. The van der Waals surface area contributed by atoms with Crippen molar-refractivity contribution in [2.24, 2.45) is 0 Å². The van der Waals surface area contributed by atoms with Crippen LogP contribution in [0.25, 0.3) is 11.1 Å². The number of anilines is 1. The Kier molecular flexibility index (Phi) is 8.46. The van der Waals surface area contributed by atoms with Crippen LogP contribution in [0.15, 0.2) is 95.9 Å². The minimum absolute atomic E-state index is 0.0264. The number of halogens is 2. The predicted octanol–water partition coefficient (Wildman–Crippen LogP) is 5.25. The van der Waals surface area contributed by atoms with Gasteiger partial charge in [0.05, 0.1) is 34.8 Å². The second-order valence-electron chi connectivity index (χ2n) is 9.45. The Hall–Kier alpha value is -4.41. The Morgan fingerprint density at radius 2 is 1.64 bits per heavy atom. The number of para-hydroxylation sites is 1. The number of rotatable bonds is 9. The third-order valence-corrected chi connectivity index (χ3v) is 8.98. The van der Waals surface area contributed by atoms with Crippen LogP contribution >= 0.6 is 11.6 Å². The van der Waals surface area contributed by atoms with Crippen LogP contribution in [0, 0.1) is 5.82 Å². The standard InChI is InChI=1S/C31H26ClFN2O6S/c1-40-31(37)26-15-12-24(19-27(26)32)41-17-16-34-30(36)29-18-22-4-2-3-5-28(22)35(29)42(38,39)25-13-8-21(9-14-25)20-6-10-23(33)11-7-20/h2-15,19,29H,16-18H2,1H3,(H,34,36)/t29-/m0/s1. The van der Waals surface area contributed by atoms with E-state index >= 15 is 0 Å². The molecule has 0 aliphatic carbocycles. The van der Waals surface area contributed by atoms with Gasteiger partial charge >= 0.3 is 5.97 Å². The summed E-state index contributed by atoms with van der Waals surface area (Å²) in [6.45, 7) is 0.180. The molecule has 11 heteroatoms. The first-order chi connectivity index (χ1) is 20.2. The molecule has 0 saturated heterocycles. The summed E-state index contributed by atoms with van der Waals surface area (Å²) in [4.78, 5) is 25.0. The molecule has 1 amide bonds. The van der Waals surface area contributed by atoms with Crippen molar-refractivity contribution in [2.75, 3.05) is 24.6 Å².